The third-order valence-electron chi connectivity index (χ3n) is 3.73. The molecule has 0 N–H and O–H groups in total. The summed E-state index contributed by atoms with van der Waals surface area (Å²) in [5.41, 5.74) is 1.45. The van der Waals surface area contributed by atoms with E-state index >= 15 is 0 Å². The first-order chi connectivity index (χ1) is 11.9. The van der Waals surface area contributed by atoms with Crippen LogP contribution >= 0.6 is 0 Å². The highest BCUT2D eigenvalue weighted by atomic mass is 16.6. The molecule has 7 heteroatoms. The van der Waals surface area contributed by atoms with E-state index in [4.69, 9.17) is 4.74 Å². The van der Waals surface area contributed by atoms with E-state index in [-0.39, 0.29) is 24.8 Å². The number of Topliss-reactive ketones (excluding diaryl/α,β-unsaturated/α-hetero) is 1. The van der Waals surface area contributed by atoms with Gasteiger partial charge in [-0.15, -0.1) is 0 Å². The Balaban J connectivity index is 2.41. The number of carbonyl (C=O) groups is 3. The van der Waals surface area contributed by atoms with Crippen LogP contribution in [0.4, 0.5) is 5.69 Å². The van der Waals surface area contributed by atoms with Gasteiger partial charge in [-0.2, -0.15) is 0 Å². The van der Waals surface area contributed by atoms with Crippen molar-refractivity contribution in [1.82, 2.24) is 4.90 Å². The second-order valence-corrected chi connectivity index (χ2v) is 5.82. The minimum absolute atomic E-state index is 0.0679. The lowest BCUT2D eigenvalue weighted by atomic mass is 9.95. The third kappa shape index (κ3) is 4.17. The standard InChI is InChI=1S/C18H22N2O5/c1-5-16(21)20-10-12(9-19(2)3)18(23)14-8-13(6-7-15(14)20)25-11-17(22)24-4/h6-9H,5,10-11H2,1-4H3. The Labute approximate surface area is 146 Å². The van der Waals surface area contributed by atoms with Crippen LogP contribution in [0.15, 0.2) is 30.0 Å². The van der Waals surface area contributed by atoms with Gasteiger partial charge < -0.3 is 19.3 Å². The molecule has 0 saturated carbocycles. The zero-order valence-corrected chi connectivity index (χ0v) is 14.9. The maximum atomic E-state index is 12.8. The Morgan fingerprint density at radius 3 is 2.64 bits per heavy atom. The molecule has 0 atom stereocenters. The number of esters is 1. The van der Waals surface area contributed by atoms with Crippen molar-refractivity contribution in [2.24, 2.45) is 0 Å². The monoisotopic (exact) mass is 346 g/mol. The van der Waals surface area contributed by atoms with Crippen LogP contribution in [0.3, 0.4) is 0 Å². The molecule has 1 aliphatic heterocycles. The van der Waals surface area contributed by atoms with E-state index in [2.05, 4.69) is 4.74 Å². The number of nitrogens with zero attached hydrogens (tertiary/aromatic N) is 2. The number of methoxy groups -OCH3 is 1. The molecule has 0 bridgehead atoms. The summed E-state index contributed by atoms with van der Waals surface area (Å²) in [5.74, 6) is -0.374. The van der Waals surface area contributed by atoms with Gasteiger partial charge in [0, 0.05) is 37.9 Å². The number of hydrogen-bond donors (Lipinski definition) is 0. The Morgan fingerprint density at radius 2 is 2.04 bits per heavy atom. The third-order valence-corrected chi connectivity index (χ3v) is 3.73. The number of amides is 1. The highest BCUT2D eigenvalue weighted by molar-refractivity contribution is 6.18. The molecule has 1 heterocycles. The summed E-state index contributed by atoms with van der Waals surface area (Å²) in [5, 5.41) is 0. The van der Waals surface area contributed by atoms with E-state index in [0.717, 1.165) is 0 Å². The Bertz CT molecular complexity index is 724. The molecule has 0 radical (unpaired) electrons. The van der Waals surface area contributed by atoms with Crippen molar-refractivity contribution in [3.8, 4) is 5.75 Å². The largest absolute Gasteiger partial charge is 0.482 e. The molecular formula is C18H22N2O5. The fourth-order valence-electron chi connectivity index (χ4n) is 2.55. The molecule has 0 saturated heterocycles. The van der Waals surface area contributed by atoms with Gasteiger partial charge in [0.25, 0.3) is 0 Å². The Kier molecular flexibility index (Phi) is 5.80. The van der Waals surface area contributed by atoms with Crippen LogP contribution in [0, 0.1) is 0 Å². The molecule has 7 nitrogen and oxygen atoms in total. The van der Waals surface area contributed by atoms with Crippen LogP contribution < -0.4 is 9.64 Å². The number of carbonyl (C=O) groups excluding carboxylic acids is 3. The molecule has 2 rings (SSSR count). The maximum absolute atomic E-state index is 12.8. The van der Waals surface area contributed by atoms with Crippen LogP contribution in [0.5, 0.6) is 5.75 Å². The first-order valence-corrected chi connectivity index (χ1v) is 7.93. The van der Waals surface area contributed by atoms with E-state index < -0.39 is 5.97 Å². The lowest BCUT2D eigenvalue weighted by Crippen LogP contribution is -2.39. The Morgan fingerprint density at radius 1 is 1.32 bits per heavy atom. The Hall–Kier alpha value is -2.83. The minimum Gasteiger partial charge on any atom is -0.482 e. The normalized spacial score (nSPS) is 15.0. The van der Waals surface area contributed by atoms with Crippen molar-refractivity contribution in [3.63, 3.8) is 0 Å². The van der Waals surface area contributed by atoms with Gasteiger partial charge in [0.1, 0.15) is 5.75 Å². The van der Waals surface area contributed by atoms with Gasteiger partial charge in [-0.1, -0.05) is 6.92 Å². The summed E-state index contributed by atoms with van der Waals surface area (Å²) in [4.78, 5) is 39.6. The minimum atomic E-state index is -0.514. The summed E-state index contributed by atoms with van der Waals surface area (Å²) in [6.45, 7) is 1.77. The summed E-state index contributed by atoms with van der Waals surface area (Å²) in [6.07, 6.45) is 2.05. The topological polar surface area (TPSA) is 76.2 Å². The van der Waals surface area contributed by atoms with E-state index in [9.17, 15) is 14.4 Å². The summed E-state index contributed by atoms with van der Waals surface area (Å²) >= 11 is 0. The highest BCUT2D eigenvalue weighted by Crippen LogP contribution is 2.33. The SMILES string of the molecule is CCC(=O)N1CC(=CN(C)C)C(=O)c2cc(OCC(=O)OC)ccc21. The van der Waals surface area contributed by atoms with Crippen LogP contribution in [0.2, 0.25) is 0 Å². The molecule has 0 fully saturated rings. The smallest absolute Gasteiger partial charge is 0.343 e. The average molecular weight is 346 g/mol. The van der Waals surface area contributed by atoms with Crippen molar-refractivity contribution in [2.45, 2.75) is 13.3 Å². The average Bonchev–Trinajstić information content (AvgIpc) is 2.60. The van der Waals surface area contributed by atoms with Crippen LogP contribution in [-0.2, 0) is 14.3 Å². The van der Waals surface area contributed by atoms with E-state index in [1.165, 1.54) is 7.11 Å². The molecule has 0 spiro atoms. The van der Waals surface area contributed by atoms with Gasteiger partial charge in [0.2, 0.25) is 5.91 Å². The molecule has 0 unspecified atom stereocenters. The summed E-state index contributed by atoms with van der Waals surface area (Å²) in [7, 11) is 4.91. The fourth-order valence-corrected chi connectivity index (χ4v) is 2.55. The van der Waals surface area contributed by atoms with Crippen molar-refractivity contribution in [3.05, 3.63) is 35.5 Å². The molecule has 25 heavy (non-hydrogen) atoms. The number of ether oxygens (including phenoxy) is 2. The van der Waals surface area contributed by atoms with Gasteiger partial charge in [-0.3, -0.25) is 9.59 Å². The van der Waals surface area contributed by atoms with Crippen molar-refractivity contribution in [1.29, 1.82) is 0 Å². The second-order valence-electron chi connectivity index (χ2n) is 5.82. The molecule has 0 aliphatic carbocycles. The number of hydrogen-bond acceptors (Lipinski definition) is 6. The first kappa shape index (κ1) is 18.5. The van der Waals surface area contributed by atoms with Crippen molar-refractivity contribution < 1.29 is 23.9 Å². The first-order valence-electron chi connectivity index (χ1n) is 7.93. The maximum Gasteiger partial charge on any atom is 0.343 e. The lowest BCUT2D eigenvalue weighted by molar-refractivity contribution is -0.142. The quantitative estimate of drug-likeness (QED) is 0.596. The highest BCUT2D eigenvalue weighted by Gasteiger charge is 2.30. The molecule has 1 aromatic rings. The van der Waals surface area contributed by atoms with E-state index in [1.54, 1.807) is 41.1 Å². The predicted molar refractivity (Wildman–Crippen MR) is 92.7 cm³/mol. The number of benzene rings is 1. The zero-order chi connectivity index (χ0) is 18.6. The zero-order valence-electron chi connectivity index (χ0n) is 14.9. The molecule has 134 valence electrons. The summed E-state index contributed by atoms with van der Waals surface area (Å²) < 4.78 is 9.88. The lowest BCUT2D eigenvalue weighted by Gasteiger charge is -2.31. The second kappa shape index (κ2) is 7.83. The molecule has 1 aliphatic rings. The molecule has 1 aromatic carbocycles. The van der Waals surface area contributed by atoms with E-state index in [1.807, 2.05) is 14.1 Å². The molecule has 1 amide bonds. The van der Waals surface area contributed by atoms with Gasteiger partial charge in [0.15, 0.2) is 12.4 Å². The van der Waals surface area contributed by atoms with E-state index in [0.29, 0.717) is 29.0 Å². The number of anilines is 1. The van der Waals surface area contributed by atoms with Crippen LogP contribution in [0.25, 0.3) is 0 Å². The molecular weight excluding hydrogens is 324 g/mol. The van der Waals surface area contributed by atoms with Gasteiger partial charge in [-0.25, -0.2) is 4.79 Å². The fraction of sp³-hybridized carbons (Fsp3) is 0.389. The van der Waals surface area contributed by atoms with Gasteiger partial charge >= 0.3 is 5.97 Å². The number of fused-ring (bicyclic) bond motifs is 1. The van der Waals surface area contributed by atoms with Gasteiger partial charge in [-0.05, 0) is 18.2 Å². The summed E-state index contributed by atoms with van der Waals surface area (Å²) in [6, 6.07) is 4.85. The van der Waals surface area contributed by atoms with Crippen molar-refractivity contribution in [2.75, 3.05) is 39.3 Å². The van der Waals surface area contributed by atoms with Crippen LogP contribution in [0.1, 0.15) is 23.7 Å². The number of ketones is 1. The molecule has 0 aromatic heterocycles. The van der Waals surface area contributed by atoms with Crippen molar-refractivity contribution >= 4 is 23.3 Å². The predicted octanol–water partition coefficient (Wildman–Crippen LogP) is 1.62. The van der Waals surface area contributed by atoms with Gasteiger partial charge in [0.05, 0.1) is 19.3 Å². The van der Waals surface area contributed by atoms with Crippen LogP contribution in [-0.4, -0.2) is 56.9 Å². The number of rotatable bonds is 5.